The Balaban J connectivity index is 1.63. The third-order valence-corrected chi connectivity index (χ3v) is 4.66. The van der Waals surface area contributed by atoms with Gasteiger partial charge in [-0.3, -0.25) is 0 Å². The molecule has 1 heterocycles. The van der Waals surface area contributed by atoms with Crippen LogP contribution in [0, 0.1) is 0 Å². The van der Waals surface area contributed by atoms with Gasteiger partial charge in [0.05, 0.1) is 11.2 Å². The maximum Gasteiger partial charge on any atom is 0.416 e. The average Bonchev–Trinajstić information content (AvgIpc) is 2.43. The van der Waals surface area contributed by atoms with Gasteiger partial charge >= 0.3 is 6.18 Å². The molecule has 0 bridgehead atoms. The largest absolute Gasteiger partial charge is 0.416 e. The molecule has 2 fully saturated rings. The Labute approximate surface area is 122 Å². The molecule has 21 heavy (non-hydrogen) atoms. The van der Waals surface area contributed by atoms with Gasteiger partial charge < -0.3 is 10.1 Å². The van der Waals surface area contributed by atoms with E-state index in [1.165, 1.54) is 12.5 Å². The summed E-state index contributed by atoms with van der Waals surface area (Å²) in [4.78, 5) is 0. The summed E-state index contributed by atoms with van der Waals surface area (Å²) in [6.07, 6.45) is 0.874. The van der Waals surface area contributed by atoms with E-state index in [0.29, 0.717) is 12.2 Å². The SMILES string of the molecule is FC(F)(F)c1ccccc1CNC1CCOC2(CCC2)C1. The van der Waals surface area contributed by atoms with E-state index in [0.717, 1.165) is 31.7 Å². The van der Waals surface area contributed by atoms with Gasteiger partial charge in [-0.15, -0.1) is 0 Å². The van der Waals surface area contributed by atoms with E-state index in [2.05, 4.69) is 5.32 Å². The first-order valence-electron chi connectivity index (χ1n) is 7.51. The van der Waals surface area contributed by atoms with Gasteiger partial charge in [0.25, 0.3) is 0 Å². The van der Waals surface area contributed by atoms with Gasteiger partial charge in [0.15, 0.2) is 0 Å². The minimum Gasteiger partial charge on any atom is -0.375 e. The molecule has 1 saturated heterocycles. The quantitative estimate of drug-likeness (QED) is 0.914. The molecule has 1 aliphatic carbocycles. The molecule has 1 N–H and O–H groups in total. The lowest BCUT2D eigenvalue weighted by Gasteiger charge is -2.47. The fourth-order valence-corrected chi connectivity index (χ4v) is 3.33. The first kappa shape index (κ1) is 14.9. The van der Waals surface area contributed by atoms with Crippen LogP contribution in [0.25, 0.3) is 0 Å². The van der Waals surface area contributed by atoms with Crippen LogP contribution in [-0.4, -0.2) is 18.2 Å². The van der Waals surface area contributed by atoms with Gasteiger partial charge in [-0.1, -0.05) is 18.2 Å². The van der Waals surface area contributed by atoms with Crippen LogP contribution in [0.5, 0.6) is 0 Å². The van der Waals surface area contributed by atoms with Gasteiger partial charge in [-0.05, 0) is 43.7 Å². The van der Waals surface area contributed by atoms with Gasteiger partial charge in [0, 0.05) is 19.2 Å². The molecule has 1 aromatic rings. The summed E-state index contributed by atoms with van der Waals surface area (Å²) in [5.41, 5.74) is -0.207. The Hall–Kier alpha value is -1.07. The molecule has 1 aromatic carbocycles. The average molecular weight is 299 g/mol. The summed E-state index contributed by atoms with van der Waals surface area (Å²) in [7, 11) is 0. The van der Waals surface area contributed by atoms with E-state index in [-0.39, 0.29) is 18.2 Å². The Bertz CT molecular complexity index is 497. The van der Waals surface area contributed by atoms with E-state index >= 15 is 0 Å². The number of hydrogen-bond donors (Lipinski definition) is 1. The second-order valence-corrected chi connectivity index (χ2v) is 6.11. The summed E-state index contributed by atoms with van der Waals surface area (Å²) in [5, 5.41) is 3.29. The monoisotopic (exact) mass is 299 g/mol. The van der Waals surface area contributed by atoms with Crippen molar-refractivity contribution in [3.05, 3.63) is 35.4 Å². The number of halogens is 3. The van der Waals surface area contributed by atoms with Crippen LogP contribution in [0.3, 0.4) is 0 Å². The fraction of sp³-hybridized carbons (Fsp3) is 0.625. The van der Waals surface area contributed by atoms with Crippen molar-refractivity contribution in [2.75, 3.05) is 6.61 Å². The molecular formula is C16H20F3NO. The predicted molar refractivity (Wildman–Crippen MR) is 73.8 cm³/mol. The third kappa shape index (κ3) is 3.24. The van der Waals surface area contributed by atoms with Gasteiger partial charge in [0.2, 0.25) is 0 Å². The van der Waals surface area contributed by atoms with Crippen molar-refractivity contribution in [3.63, 3.8) is 0 Å². The van der Waals surface area contributed by atoms with E-state index in [4.69, 9.17) is 4.74 Å². The van der Waals surface area contributed by atoms with Crippen LogP contribution in [0.2, 0.25) is 0 Å². The maximum atomic E-state index is 13.0. The number of rotatable bonds is 3. The third-order valence-electron chi connectivity index (χ3n) is 4.66. The predicted octanol–water partition coefficient (Wildman–Crippen LogP) is 3.90. The highest BCUT2D eigenvalue weighted by atomic mass is 19.4. The zero-order valence-corrected chi connectivity index (χ0v) is 11.9. The standard InChI is InChI=1S/C16H20F3NO/c17-16(18,19)14-5-2-1-4-12(14)11-20-13-6-9-21-15(10-13)7-3-8-15/h1-2,4-5,13,20H,3,6-11H2. The van der Waals surface area contributed by atoms with Crippen molar-refractivity contribution in [3.8, 4) is 0 Å². The number of nitrogens with one attached hydrogen (secondary N) is 1. The number of benzene rings is 1. The van der Waals surface area contributed by atoms with E-state index in [1.807, 2.05) is 0 Å². The van der Waals surface area contributed by atoms with Crippen molar-refractivity contribution in [2.24, 2.45) is 0 Å². The summed E-state index contributed by atoms with van der Waals surface area (Å²) in [6.45, 7) is 0.967. The molecule has 1 atom stereocenters. The second kappa shape index (κ2) is 5.61. The molecule has 1 spiro atoms. The smallest absolute Gasteiger partial charge is 0.375 e. The van der Waals surface area contributed by atoms with Crippen LogP contribution in [0.15, 0.2) is 24.3 Å². The first-order valence-corrected chi connectivity index (χ1v) is 7.51. The molecule has 1 unspecified atom stereocenters. The maximum absolute atomic E-state index is 13.0. The lowest BCUT2D eigenvalue weighted by Crippen LogP contribution is -2.50. The van der Waals surface area contributed by atoms with Gasteiger partial charge in [-0.2, -0.15) is 13.2 Å². The van der Waals surface area contributed by atoms with Crippen LogP contribution >= 0.6 is 0 Å². The number of ether oxygens (including phenoxy) is 1. The molecule has 2 nitrogen and oxygen atoms in total. The Morgan fingerprint density at radius 1 is 1.24 bits per heavy atom. The first-order chi connectivity index (χ1) is 9.99. The van der Waals surface area contributed by atoms with Crippen molar-refractivity contribution in [1.29, 1.82) is 0 Å². The molecule has 1 saturated carbocycles. The Morgan fingerprint density at radius 3 is 2.67 bits per heavy atom. The minimum absolute atomic E-state index is 0.0134. The van der Waals surface area contributed by atoms with E-state index < -0.39 is 11.7 Å². The molecule has 3 rings (SSSR count). The van der Waals surface area contributed by atoms with Crippen LogP contribution in [0.1, 0.15) is 43.2 Å². The second-order valence-electron chi connectivity index (χ2n) is 6.11. The highest BCUT2D eigenvalue weighted by molar-refractivity contribution is 5.29. The summed E-state index contributed by atoms with van der Waals surface area (Å²) in [5.74, 6) is 0. The molecule has 2 aliphatic rings. The Kier molecular flexibility index (Phi) is 3.97. The zero-order chi connectivity index (χ0) is 14.9. The molecule has 0 radical (unpaired) electrons. The van der Waals surface area contributed by atoms with Gasteiger partial charge in [-0.25, -0.2) is 0 Å². The molecule has 0 amide bonds. The normalized spacial score (nSPS) is 24.8. The van der Waals surface area contributed by atoms with E-state index in [1.54, 1.807) is 12.1 Å². The lowest BCUT2D eigenvalue weighted by atomic mass is 9.74. The molecule has 1 aliphatic heterocycles. The number of hydrogen-bond acceptors (Lipinski definition) is 2. The zero-order valence-electron chi connectivity index (χ0n) is 11.9. The van der Waals surface area contributed by atoms with Crippen LogP contribution in [-0.2, 0) is 17.5 Å². The number of alkyl halides is 3. The molecular weight excluding hydrogens is 279 g/mol. The van der Waals surface area contributed by atoms with Gasteiger partial charge in [0.1, 0.15) is 0 Å². The highest BCUT2D eigenvalue weighted by Crippen LogP contribution is 2.42. The highest BCUT2D eigenvalue weighted by Gasteiger charge is 2.42. The van der Waals surface area contributed by atoms with Crippen LogP contribution < -0.4 is 5.32 Å². The lowest BCUT2D eigenvalue weighted by molar-refractivity contribution is -0.139. The Morgan fingerprint density at radius 2 is 2.00 bits per heavy atom. The fourth-order valence-electron chi connectivity index (χ4n) is 3.33. The van der Waals surface area contributed by atoms with Crippen LogP contribution in [0.4, 0.5) is 13.2 Å². The van der Waals surface area contributed by atoms with Crippen molar-refractivity contribution in [1.82, 2.24) is 5.32 Å². The minimum atomic E-state index is -4.29. The summed E-state index contributed by atoms with van der Waals surface area (Å²) in [6, 6.07) is 6.04. The molecule has 0 aromatic heterocycles. The van der Waals surface area contributed by atoms with Crippen molar-refractivity contribution >= 4 is 0 Å². The molecule has 116 valence electrons. The van der Waals surface area contributed by atoms with Crippen molar-refractivity contribution < 1.29 is 17.9 Å². The molecule has 5 heteroatoms. The summed E-state index contributed by atoms with van der Waals surface area (Å²) >= 11 is 0. The topological polar surface area (TPSA) is 21.3 Å². The van der Waals surface area contributed by atoms with E-state index in [9.17, 15) is 13.2 Å². The van der Waals surface area contributed by atoms with Crippen molar-refractivity contribution in [2.45, 2.75) is 56.5 Å². The summed E-state index contributed by atoms with van der Waals surface area (Å²) < 4.78 is 44.7.